The van der Waals surface area contributed by atoms with Crippen molar-refractivity contribution in [3.63, 3.8) is 0 Å². The number of rotatable bonds is 8. The second-order valence-electron chi connectivity index (χ2n) is 18.2. The van der Waals surface area contributed by atoms with Gasteiger partial charge in [0.1, 0.15) is 22.2 Å². The van der Waals surface area contributed by atoms with E-state index in [1.807, 2.05) is 4.90 Å². The molecule has 2 amide bonds. The van der Waals surface area contributed by atoms with Crippen LogP contribution in [0.25, 0.3) is 21.8 Å². The number of aryl methyl sites for hydroxylation is 2. The van der Waals surface area contributed by atoms with E-state index in [0.29, 0.717) is 38.8 Å². The van der Waals surface area contributed by atoms with Crippen LogP contribution < -0.4 is 31.1 Å². The summed E-state index contributed by atoms with van der Waals surface area (Å²) in [7, 11) is 2.88. The minimum Gasteiger partial charge on any atom is -0.480 e. The molecular formula is C44H44ClF7N10O4. The Hall–Kier alpha value is -5.70. The second kappa shape index (κ2) is 16.3. The van der Waals surface area contributed by atoms with Gasteiger partial charge >= 0.3 is 5.92 Å². The number of carbonyl (C=O) groups is 2. The maximum atomic E-state index is 16.2. The van der Waals surface area contributed by atoms with Crippen LogP contribution >= 0.6 is 11.6 Å². The lowest BCUT2D eigenvalue weighted by atomic mass is 9.86. The van der Waals surface area contributed by atoms with Gasteiger partial charge in [0.25, 0.3) is 11.5 Å². The van der Waals surface area contributed by atoms with Crippen molar-refractivity contribution in [3.8, 4) is 5.75 Å². The number of imide groups is 1. The first-order valence-electron chi connectivity index (χ1n) is 21.8. The van der Waals surface area contributed by atoms with Crippen LogP contribution in [-0.4, -0.2) is 98.2 Å². The number of likely N-dealkylation sites (tertiary alicyclic amines) is 1. The first kappa shape index (κ1) is 44.2. The normalized spacial score (nSPS) is 23.6. The predicted octanol–water partition coefficient (Wildman–Crippen LogP) is 7.11. The van der Waals surface area contributed by atoms with E-state index >= 15 is 30.7 Å². The Morgan fingerprint density at radius 3 is 2.39 bits per heavy atom. The van der Waals surface area contributed by atoms with E-state index in [2.05, 4.69) is 31.0 Å². The number of hydrogen-bond acceptors (Lipinski definition) is 11. The van der Waals surface area contributed by atoms with Gasteiger partial charge in [-0.2, -0.15) is 10.1 Å². The maximum absolute atomic E-state index is 16.2. The van der Waals surface area contributed by atoms with Crippen LogP contribution in [0.3, 0.4) is 0 Å². The minimum atomic E-state index is -3.29. The summed E-state index contributed by atoms with van der Waals surface area (Å²) in [4.78, 5) is 49.3. The topological polar surface area (TPSA) is 152 Å². The molecule has 7 heterocycles. The van der Waals surface area contributed by atoms with E-state index in [1.165, 1.54) is 42.0 Å². The Morgan fingerprint density at radius 1 is 0.924 bits per heavy atom. The average molecular weight is 945 g/mol. The van der Waals surface area contributed by atoms with Gasteiger partial charge in [-0.3, -0.25) is 24.4 Å². The molecule has 3 saturated heterocycles. The van der Waals surface area contributed by atoms with Gasteiger partial charge in [0, 0.05) is 61.9 Å². The highest BCUT2D eigenvalue weighted by Gasteiger charge is 2.51. The van der Waals surface area contributed by atoms with Gasteiger partial charge in [-0.05, 0) is 75.6 Å². The fourth-order valence-electron chi connectivity index (χ4n) is 10.1. The molecule has 5 aromatic rings. The van der Waals surface area contributed by atoms with Crippen molar-refractivity contribution in [3.05, 3.63) is 68.5 Å². The largest absolute Gasteiger partial charge is 0.480 e. The summed E-state index contributed by atoms with van der Waals surface area (Å²) in [6, 6.07) is 2.26. The van der Waals surface area contributed by atoms with Gasteiger partial charge < -0.3 is 29.7 Å². The number of nitrogens with zero attached hydrogens (tertiary/aromatic N) is 7. The second-order valence-corrected chi connectivity index (χ2v) is 18.6. The summed E-state index contributed by atoms with van der Waals surface area (Å²) in [5.74, 6) is -13.2. The first-order valence-corrected chi connectivity index (χ1v) is 22.2. The summed E-state index contributed by atoms with van der Waals surface area (Å²) in [5.41, 5.74) is -0.674. The molecule has 22 heteroatoms. The van der Waals surface area contributed by atoms with Gasteiger partial charge in [-0.15, -0.1) is 0 Å². The molecule has 14 nitrogen and oxygen atoms in total. The Morgan fingerprint density at radius 2 is 1.68 bits per heavy atom. The monoisotopic (exact) mass is 944 g/mol. The van der Waals surface area contributed by atoms with Gasteiger partial charge in [0.2, 0.25) is 23.5 Å². The van der Waals surface area contributed by atoms with E-state index in [0.717, 1.165) is 10.6 Å². The zero-order chi connectivity index (χ0) is 46.6. The van der Waals surface area contributed by atoms with E-state index < -0.39 is 83.6 Å². The number of anilines is 4. The third kappa shape index (κ3) is 7.74. The number of amides is 2. The lowest BCUT2D eigenvalue weighted by Gasteiger charge is -2.41. The molecule has 0 bridgehead atoms. The molecule has 4 fully saturated rings. The zero-order valence-electron chi connectivity index (χ0n) is 35.7. The van der Waals surface area contributed by atoms with Crippen molar-refractivity contribution < 1.29 is 45.1 Å². The van der Waals surface area contributed by atoms with Crippen molar-refractivity contribution in [1.29, 1.82) is 0 Å². The minimum absolute atomic E-state index is 0.00284. The molecule has 350 valence electrons. The van der Waals surface area contributed by atoms with Crippen molar-refractivity contribution in [2.75, 3.05) is 54.9 Å². The molecule has 3 aromatic heterocycles. The molecule has 2 aromatic carbocycles. The highest BCUT2D eigenvalue weighted by Crippen LogP contribution is 2.47. The number of piperidine rings is 3. The van der Waals surface area contributed by atoms with E-state index in [4.69, 9.17) is 16.3 Å². The molecule has 1 unspecified atom stereocenters. The molecule has 10 rings (SSSR count). The summed E-state index contributed by atoms with van der Waals surface area (Å²) >= 11 is 6.45. The van der Waals surface area contributed by atoms with Crippen LogP contribution in [0.2, 0.25) is 5.02 Å². The van der Waals surface area contributed by atoms with Crippen LogP contribution in [0.1, 0.15) is 68.0 Å². The van der Waals surface area contributed by atoms with E-state index in [1.54, 1.807) is 0 Å². The molecule has 66 heavy (non-hydrogen) atoms. The molecule has 0 spiro atoms. The third-order valence-corrected chi connectivity index (χ3v) is 14.1. The summed E-state index contributed by atoms with van der Waals surface area (Å²) in [6.07, 6.45) is 3.27. The van der Waals surface area contributed by atoms with Crippen LogP contribution in [0, 0.1) is 29.3 Å². The number of benzene rings is 2. The number of hydrogen-bond donors (Lipinski definition) is 3. The molecule has 0 radical (unpaired) electrons. The Balaban J connectivity index is 0.815. The molecule has 3 N–H and O–H groups in total. The number of aromatic nitrogens is 5. The van der Waals surface area contributed by atoms with Crippen molar-refractivity contribution in [2.45, 2.75) is 74.7 Å². The molecule has 4 aliphatic heterocycles. The number of fused-ring (bicyclic) bond motifs is 4. The zero-order valence-corrected chi connectivity index (χ0v) is 36.4. The summed E-state index contributed by atoms with van der Waals surface area (Å²) in [5, 5.41) is 12.6. The third-order valence-electron chi connectivity index (χ3n) is 13.8. The number of nitrogens with one attached hydrogen (secondary N) is 3. The van der Waals surface area contributed by atoms with Gasteiger partial charge in [0.15, 0.2) is 18.2 Å². The molecule has 3 atom stereocenters. The lowest BCUT2D eigenvalue weighted by Crippen LogP contribution is -2.53. The fourth-order valence-corrected chi connectivity index (χ4v) is 10.3. The van der Waals surface area contributed by atoms with Crippen LogP contribution in [0.5, 0.6) is 5.75 Å². The highest BCUT2D eigenvalue weighted by atomic mass is 35.5. The Bertz CT molecular complexity index is 2880. The smallest absolute Gasteiger partial charge is 0.301 e. The predicted molar refractivity (Wildman–Crippen MR) is 229 cm³/mol. The van der Waals surface area contributed by atoms with Crippen molar-refractivity contribution in [1.82, 2.24) is 34.5 Å². The van der Waals surface area contributed by atoms with Gasteiger partial charge in [0.05, 0.1) is 47.3 Å². The van der Waals surface area contributed by atoms with Crippen LogP contribution in [0.4, 0.5) is 53.9 Å². The quantitative estimate of drug-likeness (QED) is 0.108. The Kier molecular flexibility index (Phi) is 10.9. The number of pyridine rings is 1. The summed E-state index contributed by atoms with van der Waals surface area (Å²) < 4.78 is 118. The average Bonchev–Trinajstić information content (AvgIpc) is 4.07. The molecule has 1 aliphatic carbocycles. The Labute approximate surface area is 376 Å². The molecule has 5 aliphatic rings. The number of ether oxygens (including phenoxy) is 1. The van der Waals surface area contributed by atoms with Crippen LogP contribution in [-0.2, 0) is 23.7 Å². The van der Waals surface area contributed by atoms with Crippen LogP contribution in [0.15, 0.2) is 29.2 Å². The van der Waals surface area contributed by atoms with E-state index in [9.17, 15) is 14.4 Å². The number of carbonyl (C=O) groups excluding carboxylic acids is 2. The summed E-state index contributed by atoms with van der Waals surface area (Å²) in [6.45, 7) is -0.922. The standard InChI is InChI=1S/C44H44ClF7N10O4/c1-59-30-15-27(46)29(14-24(30)35-37(41(59)65)66-19-44(51,52)38(56-35)21-3-4-21)54-39-26(45)16-53-42(57-39)62-12-9-22(43(49,50)18-62)17-61-10-7-20(8-11-61)32-28(47)13-25-34(58-60(2)36(25)33(32)48)23-5-6-31(63)55-40(23)64/h13-16,20-23,38,56H,3-12,17-19H2,1-2H3,(H,53,54,57)(H,55,63,64)/t22-,23?,38-/m0/s1. The molecular weight excluding hydrogens is 901 g/mol. The lowest BCUT2D eigenvalue weighted by molar-refractivity contribution is -0.134. The number of halogens is 8. The van der Waals surface area contributed by atoms with Crippen molar-refractivity contribution >= 4 is 68.4 Å². The van der Waals surface area contributed by atoms with Gasteiger partial charge in [-0.1, -0.05) is 11.6 Å². The number of alkyl halides is 4. The van der Waals surface area contributed by atoms with E-state index in [-0.39, 0.29) is 105 Å². The van der Waals surface area contributed by atoms with Gasteiger partial charge in [-0.25, -0.2) is 35.7 Å². The maximum Gasteiger partial charge on any atom is 0.301 e. The fraction of sp³-hybridized carbons (Fsp3) is 0.500. The SMILES string of the molecule is Cn1nc(C2CCC(=O)NC2=O)c2cc(F)c(C3CCN(C[C@@H]4CCN(c5ncc(Cl)c(Nc6cc7c8c(c(=O)n(C)c7cc6F)OCC(F)(F)[C@H](C6CC6)N8)n5)CC4(F)F)CC3)c(F)c21. The van der Waals surface area contributed by atoms with Crippen molar-refractivity contribution in [2.24, 2.45) is 25.9 Å². The first-order chi connectivity index (χ1) is 31.4. The highest BCUT2D eigenvalue weighted by molar-refractivity contribution is 6.33. The molecule has 1 saturated carbocycles.